The van der Waals surface area contributed by atoms with E-state index in [1.807, 2.05) is 12.1 Å². The van der Waals surface area contributed by atoms with Crippen molar-refractivity contribution in [2.75, 3.05) is 39.4 Å². The van der Waals surface area contributed by atoms with Gasteiger partial charge in [-0.3, -0.25) is 9.80 Å². The van der Waals surface area contributed by atoms with Crippen LogP contribution in [0.5, 0.6) is 5.75 Å². The van der Waals surface area contributed by atoms with Crippen molar-refractivity contribution in [3.63, 3.8) is 0 Å². The lowest BCUT2D eigenvalue weighted by atomic mass is 9.51. The molecule has 32 heavy (non-hydrogen) atoms. The van der Waals surface area contributed by atoms with Crippen molar-refractivity contribution >= 4 is 0 Å². The Balaban J connectivity index is 1.57. The van der Waals surface area contributed by atoms with Gasteiger partial charge in [0.15, 0.2) is 0 Å². The Morgan fingerprint density at radius 1 is 1.12 bits per heavy atom. The number of hydrogen-bond donors (Lipinski definition) is 3. The molecule has 0 amide bonds. The molecule has 2 aliphatic carbocycles. The van der Waals surface area contributed by atoms with Crippen molar-refractivity contribution in [3.8, 4) is 5.75 Å². The Bertz CT molecular complexity index is 824. The largest absolute Gasteiger partial charge is 0.508 e. The highest BCUT2D eigenvalue weighted by Crippen LogP contribution is 2.56. The topological polar surface area (TPSA) is 76.4 Å². The molecule has 4 aliphatic rings. The molecule has 1 aromatic carbocycles. The molecule has 0 radical (unpaired) electrons. The summed E-state index contributed by atoms with van der Waals surface area (Å²) in [6.07, 6.45) is 4.82. The standard InChI is InChI=1S/C26H40N2O4/c1-3-20-6-7-21(29)14-22(20)25-8-9-28(17-19-4-5-19)18(2)26(25,31)15-23(24(30)16-25)27-10-12-32-13-11-27/h6-7,14,18-19,23-24,29-31H,3-5,8-13,15-17H2,1-2H3/t18?,23?,24?,25-,26?/m1/s1. The van der Waals surface area contributed by atoms with E-state index in [9.17, 15) is 15.3 Å². The number of piperidine rings is 1. The third-order valence-electron chi connectivity index (χ3n) is 9.11. The molecule has 4 fully saturated rings. The number of ether oxygens (including phenoxy) is 1. The quantitative estimate of drug-likeness (QED) is 0.647. The van der Waals surface area contributed by atoms with Crippen molar-refractivity contribution < 1.29 is 20.1 Å². The highest BCUT2D eigenvalue weighted by molar-refractivity contribution is 5.45. The molecule has 2 heterocycles. The van der Waals surface area contributed by atoms with Crippen LogP contribution in [0.4, 0.5) is 0 Å². The summed E-state index contributed by atoms with van der Waals surface area (Å²) in [7, 11) is 0. The zero-order chi connectivity index (χ0) is 22.5. The molecule has 2 aliphatic heterocycles. The molecule has 0 aromatic heterocycles. The van der Waals surface area contributed by atoms with Crippen LogP contribution in [0.2, 0.25) is 0 Å². The maximum atomic E-state index is 12.7. The van der Waals surface area contributed by atoms with Gasteiger partial charge in [0.1, 0.15) is 5.75 Å². The molecule has 178 valence electrons. The number of nitrogens with zero attached hydrogens (tertiary/aromatic N) is 2. The molecule has 1 aromatic rings. The lowest BCUT2D eigenvalue weighted by Gasteiger charge is -2.63. The second kappa shape index (κ2) is 8.55. The van der Waals surface area contributed by atoms with Gasteiger partial charge in [0.05, 0.1) is 24.9 Å². The van der Waals surface area contributed by atoms with E-state index in [1.165, 1.54) is 18.4 Å². The summed E-state index contributed by atoms with van der Waals surface area (Å²) in [5, 5.41) is 34.6. The van der Waals surface area contributed by atoms with Crippen LogP contribution in [-0.4, -0.2) is 88.3 Å². The fourth-order valence-corrected chi connectivity index (χ4v) is 7.00. The van der Waals surface area contributed by atoms with Crippen LogP contribution in [0, 0.1) is 5.92 Å². The van der Waals surface area contributed by atoms with Crippen LogP contribution < -0.4 is 0 Å². The van der Waals surface area contributed by atoms with Gasteiger partial charge in [0.25, 0.3) is 0 Å². The molecule has 3 N–H and O–H groups in total. The van der Waals surface area contributed by atoms with Crippen molar-refractivity contribution in [1.29, 1.82) is 0 Å². The van der Waals surface area contributed by atoms with E-state index in [-0.39, 0.29) is 17.8 Å². The van der Waals surface area contributed by atoms with Gasteiger partial charge in [-0.05, 0) is 81.2 Å². The van der Waals surface area contributed by atoms with Crippen LogP contribution in [0.15, 0.2) is 18.2 Å². The van der Waals surface area contributed by atoms with Gasteiger partial charge in [-0.15, -0.1) is 0 Å². The number of phenolic OH excluding ortho intramolecular Hbond substituents is 1. The van der Waals surface area contributed by atoms with E-state index in [0.29, 0.717) is 26.1 Å². The SMILES string of the molecule is CCc1ccc(O)cc1[C@]12CCN(CC3CC3)C(C)C1(O)CC(N1CCOCC1)C(O)C2. The Kier molecular flexibility index (Phi) is 6.04. The minimum absolute atomic E-state index is 0.0000503. The summed E-state index contributed by atoms with van der Waals surface area (Å²) in [5.74, 6) is 1.01. The van der Waals surface area contributed by atoms with Gasteiger partial charge in [-0.2, -0.15) is 0 Å². The van der Waals surface area contributed by atoms with Crippen LogP contribution in [-0.2, 0) is 16.6 Å². The zero-order valence-electron chi connectivity index (χ0n) is 19.7. The first kappa shape index (κ1) is 22.6. The molecule has 0 spiro atoms. The smallest absolute Gasteiger partial charge is 0.115 e. The van der Waals surface area contributed by atoms with Gasteiger partial charge in [0.2, 0.25) is 0 Å². The third-order valence-corrected chi connectivity index (χ3v) is 9.11. The summed E-state index contributed by atoms with van der Waals surface area (Å²) in [6, 6.07) is 5.55. The summed E-state index contributed by atoms with van der Waals surface area (Å²) in [6.45, 7) is 9.28. The fraction of sp³-hybridized carbons (Fsp3) is 0.769. The Morgan fingerprint density at radius 2 is 1.88 bits per heavy atom. The predicted molar refractivity (Wildman–Crippen MR) is 124 cm³/mol. The number of aromatic hydroxyl groups is 1. The number of phenols is 1. The van der Waals surface area contributed by atoms with Crippen molar-refractivity contribution in [3.05, 3.63) is 29.3 Å². The van der Waals surface area contributed by atoms with Crippen LogP contribution in [0.3, 0.4) is 0 Å². The van der Waals surface area contributed by atoms with Gasteiger partial charge in [-0.25, -0.2) is 0 Å². The van der Waals surface area contributed by atoms with Crippen molar-refractivity contribution in [2.24, 2.45) is 5.92 Å². The molecule has 0 bridgehead atoms. The molecule has 5 atom stereocenters. The maximum absolute atomic E-state index is 12.7. The van der Waals surface area contributed by atoms with Crippen molar-refractivity contribution in [2.45, 2.75) is 81.6 Å². The number of benzene rings is 1. The minimum atomic E-state index is -0.972. The Morgan fingerprint density at radius 3 is 2.56 bits per heavy atom. The highest BCUT2D eigenvalue weighted by atomic mass is 16.5. The number of fused-ring (bicyclic) bond motifs is 1. The van der Waals surface area contributed by atoms with E-state index in [0.717, 1.165) is 50.5 Å². The zero-order valence-corrected chi connectivity index (χ0v) is 19.7. The molecule has 4 unspecified atom stereocenters. The van der Waals surface area contributed by atoms with E-state index < -0.39 is 17.1 Å². The number of hydrogen-bond acceptors (Lipinski definition) is 6. The van der Waals surface area contributed by atoms with Crippen molar-refractivity contribution in [1.82, 2.24) is 9.80 Å². The van der Waals surface area contributed by atoms with Gasteiger partial charge in [0, 0.05) is 37.1 Å². The first-order valence-corrected chi connectivity index (χ1v) is 12.7. The lowest BCUT2D eigenvalue weighted by molar-refractivity contribution is -0.195. The number of rotatable bonds is 5. The minimum Gasteiger partial charge on any atom is -0.508 e. The number of likely N-dealkylation sites (tertiary alicyclic amines) is 1. The summed E-state index contributed by atoms with van der Waals surface area (Å²) < 4.78 is 5.56. The number of morpholine rings is 1. The Labute approximate surface area is 192 Å². The van der Waals surface area contributed by atoms with E-state index >= 15 is 0 Å². The Hall–Kier alpha value is -1.18. The second-order valence-corrected chi connectivity index (χ2v) is 10.8. The van der Waals surface area contributed by atoms with Crippen LogP contribution in [0.1, 0.15) is 57.1 Å². The van der Waals surface area contributed by atoms with Crippen LogP contribution in [0.25, 0.3) is 0 Å². The number of aliphatic hydroxyl groups excluding tert-OH is 1. The maximum Gasteiger partial charge on any atom is 0.115 e. The van der Waals surface area contributed by atoms with Crippen LogP contribution >= 0.6 is 0 Å². The normalized spacial score (nSPS) is 39.1. The summed E-state index contributed by atoms with van der Waals surface area (Å²) in [5.41, 5.74) is 0.680. The van der Waals surface area contributed by atoms with E-state index in [1.54, 1.807) is 6.07 Å². The first-order chi connectivity index (χ1) is 15.4. The number of aryl methyl sites for hydroxylation is 1. The van der Waals surface area contributed by atoms with E-state index in [4.69, 9.17) is 4.74 Å². The van der Waals surface area contributed by atoms with Gasteiger partial charge in [-0.1, -0.05) is 13.0 Å². The summed E-state index contributed by atoms with van der Waals surface area (Å²) in [4.78, 5) is 4.82. The molecule has 6 nitrogen and oxygen atoms in total. The lowest BCUT2D eigenvalue weighted by Crippen LogP contribution is -2.74. The molecule has 2 saturated carbocycles. The second-order valence-electron chi connectivity index (χ2n) is 10.8. The monoisotopic (exact) mass is 444 g/mol. The average molecular weight is 445 g/mol. The molecule has 2 saturated heterocycles. The first-order valence-electron chi connectivity index (χ1n) is 12.7. The van der Waals surface area contributed by atoms with E-state index in [2.05, 4.69) is 23.6 Å². The number of aliphatic hydroxyl groups is 2. The summed E-state index contributed by atoms with van der Waals surface area (Å²) >= 11 is 0. The predicted octanol–water partition coefficient (Wildman–Crippen LogP) is 2.28. The van der Waals surface area contributed by atoms with Gasteiger partial charge >= 0.3 is 0 Å². The molecular formula is C26H40N2O4. The van der Waals surface area contributed by atoms with Gasteiger partial charge < -0.3 is 20.1 Å². The molecule has 6 heteroatoms. The third kappa shape index (κ3) is 3.68. The average Bonchev–Trinajstić information content (AvgIpc) is 3.62. The molecule has 5 rings (SSSR count). The highest BCUT2D eigenvalue weighted by Gasteiger charge is 2.64. The fourth-order valence-electron chi connectivity index (χ4n) is 7.00. The molecular weight excluding hydrogens is 404 g/mol.